The molecule has 0 amide bonds. The van der Waals surface area contributed by atoms with Crippen molar-refractivity contribution in [3.8, 4) is 0 Å². The molecule has 3 rings (SSSR count). The number of carbonyl (C=O) groups excluding carboxylic acids is 1. The SMILES string of the molecule is CO[C@@H]1C[C@@H]2[C@@H](C[C@@]1(C)OC(=O)c1cc([N+](=O)[O-])cc([N+](=O)[O-])c1)C2(C)C. The van der Waals surface area contributed by atoms with E-state index in [2.05, 4.69) is 13.8 Å². The summed E-state index contributed by atoms with van der Waals surface area (Å²) in [6.07, 6.45) is 1.07. The number of carbonyl (C=O) groups is 1. The highest BCUT2D eigenvalue weighted by atomic mass is 16.6. The summed E-state index contributed by atoms with van der Waals surface area (Å²) in [6, 6.07) is 2.80. The van der Waals surface area contributed by atoms with Gasteiger partial charge in [0.25, 0.3) is 11.4 Å². The number of benzene rings is 1. The Labute approximate surface area is 155 Å². The summed E-state index contributed by atoms with van der Waals surface area (Å²) in [5.41, 5.74) is -2.02. The molecule has 9 nitrogen and oxygen atoms in total. The zero-order chi connectivity index (χ0) is 20.1. The van der Waals surface area contributed by atoms with Gasteiger partial charge in [0, 0.05) is 19.2 Å². The summed E-state index contributed by atoms with van der Waals surface area (Å²) >= 11 is 0. The smallest absolute Gasteiger partial charge is 0.339 e. The quantitative estimate of drug-likeness (QED) is 0.436. The topological polar surface area (TPSA) is 122 Å². The van der Waals surface area contributed by atoms with Crippen molar-refractivity contribution in [3.63, 3.8) is 0 Å². The van der Waals surface area contributed by atoms with Gasteiger partial charge in [0.05, 0.1) is 27.6 Å². The summed E-state index contributed by atoms with van der Waals surface area (Å²) in [7, 11) is 1.56. The van der Waals surface area contributed by atoms with Crippen molar-refractivity contribution in [3.05, 3.63) is 44.0 Å². The molecule has 0 N–H and O–H groups in total. The van der Waals surface area contributed by atoms with Crippen molar-refractivity contribution in [1.82, 2.24) is 0 Å². The number of hydrogen-bond acceptors (Lipinski definition) is 7. The van der Waals surface area contributed by atoms with Gasteiger partial charge in [-0.1, -0.05) is 13.8 Å². The molecule has 0 heterocycles. The van der Waals surface area contributed by atoms with Crippen molar-refractivity contribution in [2.45, 2.75) is 45.3 Å². The fraction of sp³-hybridized carbons (Fsp3) is 0.611. The van der Waals surface area contributed by atoms with Gasteiger partial charge in [-0.2, -0.15) is 0 Å². The minimum atomic E-state index is -0.903. The Morgan fingerprint density at radius 2 is 1.63 bits per heavy atom. The zero-order valence-electron chi connectivity index (χ0n) is 15.6. The predicted molar refractivity (Wildman–Crippen MR) is 94.4 cm³/mol. The number of nitro benzene ring substituents is 2. The molecule has 2 aliphatic carbocycles. The molecule has 1 aromatic carbocycles. The first-order chi connectivity index (χ1) is 12.5. The average Bonchev–Trinajstić information content (AvgIpc) is 3.11. The molecule has 9 heteroatoms. The van der Waals surface area contributed by atoms with Crippen LogP contribution >= 0.6 is 0 Å². The molecule has 0 radical (unpaired) electrons. The molecule has 2 aliphatic rings. The number of nitrogens with zero attached hydrogens (tertiary/aromatic N) is 2. The minimum absolute atomic E-state index is 0.158. The Balaban J connectivity index is 1.88. The standard InChI is InChI=1S/C18H22N2O7/c1-17(2)13-8-15(26-4)18(3,9-14(13)17)27-16(21)10-5-11(19(22)23)7-12(6-10)20(24)25/h5-7,13-15H,8-9H2,1-4H3/t13-,14-,15-,18-/m1/s1. The van der Waals surface area contributed by atoms with Crippen molar-refractivity contribution in [2.24, 2.45) is 17.3 Å². The number of ether oxygens (including phenoxy) is 2. The molecule has 27 heavy (non-hydrogen) atoms. The second kappa shape index (κ2) is 6.26. The maximum Gasteiger partial charge on any atom is 0.339 e. The molecule has 1 aromatic rings. The van der Waals surface area contributed by atoms with Crippen molar-refractivity contribution < 1.29 is 24.1 Å². The van der Waals surface area contributed by atoms with Crippen molar-refractivity contribution in [2.75, 3.05) is 7.11 Å². The molecular formula is C18H22N2O7. The van der Waals surface area contributed by atoms with Crippen LogP contribution in [0.5, 0.6) is 0 Å². The van der Waals surface area contributed by atoms with Gasteiger partial charge in [0.15, 0.2) is 0 Å². The number of rotatable bonds is 5. The Morgan fingerprint density at radius 1 is 1.07 bits per heavy atom. The third-order valence-electron chi connectivity index (χ3n) is 6.23. The van der Waals surface area contributed by atoms with Crippen LogP contribution in [0, 0.1) is 37.5 Å². The lowest BCUT2D eigenvalue weighted by atomic mass is 9.83. The average molecular weight is 378 g/mol. The van der Waals surface area contributed by atoms with E-state index in [9.17, 15) is 25.0 Å². The summed E-state index contributed by atoms with van der Waals surface area (Å²) < 4.78 is 11.3. The molecular weight excluding hydrogens is 356 g/mol. The van der Waals surface area contributed by atoms with E-state index in [1.54, 1.807) is 14.0 Å². The van der Waals surface area contributed by atoms with E-state index in [0.29, 0.717) is 18.3 Å². The first-order valence-electron chi connectivity index (χ1n) is 8.69. The van der Waals surface area contributed by atoms with Gasteiger partial charge in [-0.05, 0) is 37.0 Å². The Hall–Kier alpha value is -2.55. The lowest BCUT2D eigenvalue weighted by Gasteiger charge is -2.39. The lowest BCUT2D eigenvalue weighted by molar-refractivity contribution is -0.394. The van der Waals surface area contributed by atoms with Gasteiger partial charge < -0.3 is 9.47 Å². The first kappa shape index (κ1) is 19.2. The number of nitro groups is 2. The molecule has 2 saturated carbocycles. The predicted octanol–water partition coefficient (Wildman–Crippen LogP) is 3.50. The van der Waals surface area contributed by atoms with E-state index in [0.717, 1.165) is 24.6 Å². The van der Waals surface area contributed by atoms with Crippen LogP contribution < -0.4 is 0 Å². The van der Waals surface area contributed by atoms with Crippen molar-refractivity contribution >= 4 is 17.3 Å². The molecule has 0 aromatic heterocycles. The molecule has 4 atom stereocenters. The molecule has 0 aliphatic heterocycles. The largest absolute Gasteiger partial charge is 0.453 e. The summed E-state index contributed by atoms with van der Waals surface area (Å²) in [5.74, 6) is 0.0810. The van der Waals surface area contributed by atoms with E-state index < -0.39 is 32.8 Å². The van der Waals surface area contributed by atoms with Crippen LogP contribution in [0.2, 0.25) is 0 Å². The van der Waals surface area contributed by atoms with Gasteiger partial charge >= 0.3 is 5.97 Å². The van der Waals surface area contributed by atoms with E-state index in [4.69, 9.17) is 9.47 Å². The molecule has 0 spiro atoms. The highest BCUT2D eigenvalue weighted by Crippen LogP contribution is 2.67. The van der Waals surface area contributed by atoms with Gasteiger partial charge in [0.1, 0.15) is 5.60 Å². The molecule has 0 bridgehead atoms. The monoisotopic (exact) mass is 378 g/mol. The van der Waals surface area contributed by atoms with Crippen LogP contribution in [0.3, 0.4) is 0 Å². The third-order valence-corrected chi connectivity index (χ3v) is 6.23. The first-order valence-corrected chi connectivity index (χ1v) is 8.69. The van der Waals surface area contributed by atoms with Crippen LogP contribution in [-0.4, -0.2) is 34.6 Å². The van der Waals surface area contributed by atoms with Crippen LogP contribution in [-0.2, 0) is 9.47 Å². The van der Waals surface area contributed by atoms with Gasteiger partial charge in [-0.25, -0.2) is 4.79 Å². The molecule has 0 unspecified atom stereocenters. The van der Waals surface area contributed by atoms with Crippen LogP contribution in [0.15, 0.2) is 18.2 Å². The third kappa shape index (κ3) is 3.27. The summed E-state index contributed by atoms with van der Waals surface area (Å²) in [5, 5.41) is 22.1. The Kier molecular flexibility index (Phi) is 4.46. The van der Waals surface area contributed by atoms with E-state index in [1.807, 2.05) is 0 Å². The van der Waals surface area contributed by atoms with Crippen molar-refractivity contribution in [1.29, 1.82) is 0 Å². The number of methoxy groups -OCH3 is 1. The second-order valence-corrected chi connectivity index (χ2v) is 8.15. The number of hydrogen-bond donors (Lipinski definition) is 0. The second-order valence-electron chi connectivity index (χ2n) is 8.15. The summed E-state index contributed by atoms with van der Waals surface area (Å²) in [6.45, 7) is 6.13. The molecule has 146 valence electrons. The van der Waals surface area contributed by atoms with E-state index in [1.165, 1.54) is 0 Å². The zero-order valence-corrected chi connectivity index (χ0v) is 15.6. The van der Waals surface area contributed by atoms with Crippen LogP contribution in [0.1, 0.15) is 44.0 Å². The highest BCUT2D eigenvalue weighted by Gasteiger charge is 2.65. The number of non-ortho nitro benzene ring substituents is 2. The fourth-order valence-electron chi connectivity index (χ4n) is 4.43. The van der Waals surface area contributed by atoms with Crippen LogP contribution in [0.4, 0.5) is 11.4 Å². The molecule has 0 saturated heterocycles. The van der Waals surface area contributed by atoms with Gasteiger partial charge in [0.2, 0.25) is 0 Å². The van der Waals surface area contributed by atoms with E-state index >= 15 is 0 Å². The normalized spacial score (nSPS) is 30.9. The number of esters is 1. The Bertz CT molecular complexity index is 790. The maximum atomic E-state index is 12.7. The molecule has 2 fully saturated rings. The maximum absolute atomic E-state index is 12.7. The van der Waals surface area contributed by atoms with E-state index in [-0.39, 0.29) is 17.1 Å². The summed E-state index contributed by atoms with van der Waals surface area (Å²) in [4.78, 5) is 33.2. The van der Waals surface area contributed by atoms with Gasteiger partial charge in [-0.15, -0.1) is 0 Å². The fourth-order valence-corrected chi connectivity index (χ4v) is 4.43. The minimum Gasteiger partial charge on any atom is -0.453 e. The number of fused-ring (bicyclic) bond motifs is 1. The van der Waals surface area contributed by atoms with Crippen LogP contribution in [0.25, 0.3) is 0 Å². The van der Waals surface area contributed by atoms with Gasteiger partial charge in [-0.3, -0.25) is 20.2 Å². The Morgan fingerprint density at radius 3 is 2.11 bits per heavy atom. The highest BCUT2D eigenvalue weighted by molar-refractivity contribution is 5.91. The lowest BCUT2D eigenvalue weighted by Crippen LogP contribution is -2.47.